The fourth-order valence-electron chi connectivity index (χ4n) is 4.24. The van der Waals surface area contributed by atoms with Crippen molar-refractivity contribution >= 4 is 40.5 Å². The molecule has 1 saturated heterocycles. The highest BCUT2D eigenvalue weighted by atomic mass is 35.5. The summed E-state index contributed by atoms with van der Waals surface area (Å²) in [6, 6.07) is 20.7. The highest BCUT2D eigenvalue weighted by molar-refractivity contribution is 6.35. The van der Waals surface area contributed by atoms with E-state index >= 15 is 0 Å². The molecular weight excluding hydrogens is 469 g/mol. The number of piperidine rings is 1. The van der Waals surface area contributed by atoms with Crippen molar-refractivity contribution in [1.29, 1.82) is 0 Å². The number of rotatable bonds is 6. The number of likely N-dealkylation sites (tertiary alicyclic amines) is 1. The number of hydrogen-bond donors (Lipinski definition) is 1. The van der Waals surface area contributed by atoms with Crippen LogP contribution in [0.5, 0.6) is 0 Å². The molecule has 1 N–H and O–H groups in total. The molecule has 0 spiro atoms. The average molecular weight is 494 g/mol. The molecule has 1 aliphatic heterocycles. The van der Waals surface area contributed by atoms with Crippen molar-refractivity contribution in [3.63, 3.8) is 0 Å². The molecule has 0 aliphatic carbocycles. The predicted molar refractivity (Wildman–Crippen MR) is 138 cm³/mol. The Morgan fingerprint density at radius 3 is 2.35 bits per heavy atom. The minimum absolute atomic E-state index is 0.0807. The number of amides is 1. The number of anilines is 1. The Balaban J connectivity index is 1.51. The second kappa shape index (κ2) is 10.6. The highest BCUT2D eigenvalue weighted by Crippen LogP contribution is 2.38. The summed E-state index contributed by atoms with van der Waals surface area (Å²) >= 11 is 12.1. The fourth-order valence-corrected chi connectivity index (χ4v) is 4.77. The molecule has 4 rings (SSSR count). The normalized spacial score (nSPS) is 15.5. The van der Waals surface area contributed by atoms with Crippen LogP contribution in [0, 0.1) is 6.57 Å². The van der Waals surface area contributed by atoms with Gasteiger partial charge in [0.2, 0.25) is 5.91 Å². The van der Waals surface area contributed by atoms with Gasteiger partial charge in [0.25, 0.3) is 0 Å². The maximum Gasteiger partial charge on any atom is 0.250 e. The second-order valence-electron chi connectivity index (χ2n) is 8.53. The maximum absolute atomic E-state index is 12.7. The van der Waals surface area contributed by atoms with Crippen LogP contribution in [-0.2, 0) is 15.1 Å². The third kappa shape index (κ3) is 5.78. The van der Waals surface area contributed by atoms with E-state index < -0.39 is 5.60 Å². The first kappa shape index (κ1) is 24.3. The molecular formula is C27H25Cl2N3O2. The van der Waals surface area contributed by atoms with Gasteiger partial charge < -0.3 is 15.0 Å². The summed E-state index contributed by atoms with van der Waals surface area (Å²) in [6.07, 6.45) is 1.57. The van der Waals surface area contributed by atoms with Gasteiger partial charge in [0.1, 0.15) is 6.61 Å². The van der Waals surface area contributed by atoms with Gasteiger partial charge in [0, 0.05) is 28.8 Å². The fraction of sp³-hybridized carbons (Fsp3) is 0.259. The molecule has 0 atom stereocenters. The first-order chi connectivity index (χ1) is 16.4. The van der Waals surface area contributed by atoms with E-state index in [1.165, 1.54) is 0 Å². The van der Waals surface area contributed by atoms with Crippen molar-refractivity contribution in [3.8, 4) is 11.1 Å². The van der Waals surface area contributed by atoms with E-state index in [0.29, 0.717) is 21.4 Å². The van der Waals surface area contributed by atoms with E-state index in [1.54, 1.807) is 24.3 Å². The minimum Gasteiger partial charge on any atom is -0.360 e. The lowest BCUT2D eigenvalue weighted by Gasteiger charge is -2.41. The van der Waals surface area contributed by atoms with Gasteiger partial charge in [0.15, 0.2) is 5.69 Å². The molecule has 7 heteroatoms. The smallest absolute Gasteiger partial charge is 0.250 e. The zero-order chi connectivity index (χ0) is 24.1. The van der Waals surface area contributed by atoms with Gasteiger partial charge in [-0.3, -0.25) is 4.79 Å². The van der Waals surface area contributed by atoms with Gasteiger partial charge in [-0.05, 0) is 60.8 Å². The van der Waals surface area contributed by atoms with Gasteiger partial charge in [-0.1, -0.05) is 65.7 Å². The van der Waals surface area contributed by atoms with Crippen LogP contribution >= 0.6 is 23.2 Å². The summed E-state index contributed by atoms with van der Waals surface area (Å²) < 4.78 is 6.34. The summed E-state index contributed by atoms with van der Waals surface area (Å²) in [6.45, 7) is 8.91. The van der Waals surface area contributed by atoms with Gasteiger partial charge >= 0.3 is 0 Å². The summed E-state index contributed by atoms with van der Waals surface area (Å²) in [7, 11) is 2.09. The summed E-state index contributed by atoms with van der Waals surface area (Å²) in [4.78, 5) is 18.4. The number of halogens is 2. The zero-order valence-electron chi connectivity index (χ0n) is 18.9. The first-order valence-electron chi connectivity index (χ1n) is 11.0. The Morgan fingerprint density at radius 1 is 1.03 bits per heavy atom. The van der Waals surface area contributed by atoms with Crippen molar-refractivity contribution in [2.24, 2.45) is 0 Å². The predicted octanol–water partition coefficient (Wildman–Crippen LogP) is 6.79. The SMILES string of the molecule is [C-]#[N+]c1cccc(-c2ccc(C3(OCC(=O)Nc4cc(Cl)cc(Cl)c4)CCN(C)CC3)cc2)c1. The van der Waals surface area contributed by atoms with Crippen LogP contribution in [0.2, 0.25) is 10.0 Å². The molecule has 0 saturated carbocycles. The monoisotopic (exact) mass is 493 g/mol. The standard InChI is InChI=1S/C27H25Cl2N3O2/c1-30-24-5-3-4-20(14-24)19-6-8-21(9-7-19)27(10-12-32(2)13-11-27)34-18-26(33)31-25-16-22(28)15-23(29)17-25/h3-9,14-17H,10-13,18H2,2H3,(H,31,33). The maximum atomic E-state index is 12.7. The minimum atomic E-state index is -0.549. The summed E-state index contributed by atoms with van der Waals surface area (Å²) in [5.74, 6) is -0.260. The quantitative estimate of drug-likeness (QED) is 0.384. The zero-order valence-corrected chi connectivity index (χ0v) is 20.4. The third-order valence-corrected chi connectivity index (χ3v) is 6.58. The Kier molecular flexibility index (Phi) is 7.55. The molecule has 3 aromatic carbocycles. The van der Waals surface area contributed by atoms with E-state index in [2.05, 4.69) is 46.4 Å². The van der Waals surface area contributed by atoms with Gasteiger partial charge in [-0.15, -0.1) is 0 Å². The highest BCUT2D eigenvalue weighted by Gasteiger charge is 2.37. The van der Waals surface area contributed by atoms with Crippen molar-refractivity contribution < 1.29 is 9.53 Å². The average Bonchev–Trinajstić information content (AvgIpc) is 2.83. The molecule has 0 unspecified atom stereocenters. The van der Waals surface area contributed by atoms with Crippen LogP contribution in [0.4, 0.5) is 11.4 Å². The van der Waals surface area contributed by atoms with Gasteiger partial charge in [-0.2, -0.15) is 0 Å². The van der Waals surface area contributed by atoms with Crippen LogP contribution in [0.1, 0.15) is 18.4 Å². The van der Waals surface area contributed by atoms with Gasteiger partial charge in [0.05, 0.1) is 12.2 Å². The molecule has 1 fully saturated rings. The molecule has 0 radical (unpaired) electrons. The number of carbonyl (C=O) groups excluding carboxylic acids is 1. The number of carbonyl (C=O) groups is 1. The second-order valence-corrected chi connectivity index (χ2v) is 9.40. The molecule has 1 aliphatic rings. The van der Waals surface area contributed by atoms with Crippen molar-refractivity contribution in [2.45, 2.75) is 18.4 Å². The molecule has 1 heterocycles. The molecule has 1 amide bonds. The number of benzene rings is 3. The lowest BCUT2D eigenvalue weighted by molar-refractivity contribution is -0.134. The summed E-state index contributed by atoms with van der Waals surface area (Å²) in [5.41, 5.74) is 3.68. The van der Waals surface area contributed by atoms with Gasteiger partial charge in [-0.25, -0.2) is 4.85 Å². The van der Waals surface area contributed by atoms with Crippen LogP contribution in [0.25, 0.3) is 16.0 Å². The van der Waals surface area contributed by atoms with Crippen LogP contribution in [-0.4, -0.2) is 37.6 Å². The molecule has 3 aromatic rings. The Bertz CT molecular complexity index is 1190. The number of nitrogens with one attached hydrogen (secondary N) is 1. The molecule has 0 aromatic heterocycles. The topological polar surface area (TPSA) is 45.9 Å². The number of hydrogen-bond acceptors (Lipinski definition) is 3. The van der Waals surface area contributed by atoms with Crippen LogP contribution < -0.4 is 5.32 Å². The first-order valence-corrected chi connectivity index (χ1v) is 11.8. The van der Waals surface area contributed by atoms with Crippen LogP contribution in [0.15, 0.2) is 66.7 Å². The number of ether oxygens (including phenoxy) is 1. The Labute approximate surface area is 210 Å². The van der Waals surface area contributed by atoms with E-state index in [-0.39, 0.29) is 12.5 Å². The number of nitrogens with zero attached hydrogens (tertiary/aromatic N) is 2. The van der Waals surface area contributed by atoms with Crippen molar-refractivity contribution in [3.05, 3.63) is 93.8 Å². The van der Waals surface area contributed by atoms with E-state index in [9.17, 15) is 4.79 Å². The largest absolute Gasteiger partial charge is 0.360 e. The lowest BCUT2D eigenvalue weighted by Crippen LogP contribution is -2.44. The Hall–Kier alpha value is -2.88. The van der Waals surface area contributed by atoms with E-state index in [1.807, 2.05) is 18.2 Å². The van der Waals surface area contributed by atoms with E-state index in [0.717, 1.165) is 42.6 Å². The molecule has 34 heavy (non-hydrogen) atoms. The summed E-state index contributed by atoms with van der Waals surface area (Å²) in [5, 5.41) is 3.73. The van der Waals surface area contributed by atoms with Crippen molar-refractivity contribution in [1.82, 2.24) is 4.90 Å². The molecule has 174 valence electrons. The third-order valence-electron chi connectivity index (χ3n) is 6.14. The molecule has 5 nitrogen and oxygen atoms in total. The molecule has 0 bridgehead atoms. The lowest BCUT2D eigenvalue weighted by atomic mass is 9.83. The Morgan fingerprint density at radius 2 is 1.71 bits per heavy atom. The van der Waals surface area contributed by atoms with Crippen molar-refractivity contribution in [2.75, 3.05) is 32.1 Å². The van der Waals surface area contributed by atoms with Crippen LogP contribution in [0.3, 0.4) is 0 Å². The van der Waals surface area contributed by atoms with E-state index in [4.69, 9.17) is 34.5 Å².